The number of piperidine rings is 1. The van der Waals surface area contributed by atoms with E-state index in [2.05, 4.69) is 0 Å². The summed E-state index contributed by atoms with van der Waals surface area (Å²) in [5, 5.41) is 9.06. The number of carboxylic acid groups (broad SMARTS) is 1. The molecule has 0 saturated carbocycles. The van der Waals surface area contributed by atoms with Crippen LogP contribution in [0.3, 0.4) is 0 Å². The lowest BCUT2D eigenvalue weighted by Crippen LogP contribution is -2.50. The van der Waals surface area contributed by atoms with E-state index in [4.69, 9.17) is 5.11 Å². The van der Waals surface area contributed by atoms with Crippen molar-refractivity contribution in [2.24, 2.45) is 5.92 Å². The standard InChI is InChI=1S/C12H21N3O5S/c1-13-5-3-7-15(9-11(13)16)21(19,20)14-6-2-4-10(8-14)12(17)18/h10H,2-9H2,1H3,(H,17,18). The molecule has 0 spiro atoms. The van der Waals surface area contributed by atoms with Crippen LogP contribution in [-0.2, 0) is 19.8 Å². The number of likely N-dealkylation sites (N-methyl/N-ethyl adjacent to an activating group) is 1. The Kier molecular flexibility index (Phi) is 4.84. The quantitative estimate of drug-likeness (QED) is 0.734. The monoisotopic (exact) mass is 319 g/mol. The summed E-state index contributed by atoms with van der Waals surface area (Å²) in [6.07, 6.45) is 1.60. The minimum atomic E-state index is -3.78. The molecule has 8 nitrogen and oxygen atoms in total. The van der Waals surface area contributed by atoms with Crippen molar-refractivity contribution in [3.63, 3.8) is 0 Å². The molecule has 0 radical (unpaired) electrons. The van der Waals surface area contributed by atoms with Gasteiger partial charge in [-0.2, -0.15) is 17.0 Å². The van der Waals surface area contributed by atoms with Crippen LogP contribution < -0.4 is 0 Å². The number of aliphatic carboxylic acids is 1. The highest BCUT2D eigenvalue weighted by Crippen LogP contribution is 2.22. The van der Waals surface area contributed by atoms with E-state index in [0.29, 0.717) is 32.4 Å². The van der Waals surface area contributed by atoms with Gasteiger partial charge in [-0.05, 0) is 19.3 Å². The molecule has 2 heterocycles. The van der Waals surface area contributed by atoms with E-state index in [1.807, 2.05) is 0 Å². The molecular weight excluding hydrogens is 298 g/mol. The van der Waals surface area contributed by atoms with Crippen LogP contribution in [0.25, 0.3) is 0 Å². The molecule has 2 saturated heterocycles. The molecule has 1 amide bonds. The number of nitrogens with zero attached hydrogens (tertiary/aromatic N) is 3. The van der Waals surface area contributed by atoms with E-state index in [1.54, 1.807) is 7.05 Å². The molecule has 120 valence electrons. The number of rotatable bonds is 3. The molecule has 2 aliphatic rings. The highest BCUT2D eigenvalue weighted by molar-refractivity contribution is 7.86. The Bertz CT molecular complexity index is 521. The van der Waals surface area contributed by atoms with E-state index in [1.165, 1.54) is 13.5 Å². The largest absolute Gasteiger partial charge is 0.481 e. The summed E-state index contributed by atoms with van der Waals surface area (Å²) >= 11 is 0. The van der Waals surface area contributed by atoms with Crippen molar-refractivity contribution >= 4 is 22.1 Å². The molecule has 21 heavy (non-hydrogen) atoms. The lowest BCUT2D eigenvalue weighted by Gasteiger charge is -2.33. The highest BCUT2D eigenvalue weighted by Gasteiger charge is 2.37. The highest BCUT2D eigenvalue weighted by atomic mass is 32.2. The van der Waals surface area contributed by atoms with Gasteiger partial charge in [-0.25, -0.2) is 0 Å². The van der Waals surface area contributed by atoms with Gasteiger partial charge < -0.3 is 10.0 Å². The van der Waals surface area contributed by atoms with Crippen molar-refractivity contribution in [1.29, 1.82) is 0 Å². The summed E-state index contributed by atoms with van der Waals surface area (Å²) in [6.45, 7) is 0.938. The van der Waals surface area contributed by atoms with Gasteiger partial charge in [0.05, 0.1) is 12.5 Å². The lowest BCUT2D eigenvalue weighted by molar-refractivity contribution is -0.143. The van der Waals surface area contributed by atoms with Crippen molar-refractivity contribution in [1.82, 2.24) is 13.5 Å². The first-order valence-electron chi connectivity index (χ1n) is 7.04. The Labute approximate surface area is 124 Å². The van der Waals surface area contributed by atoms with Crippen LogP contribution in [0.1, 0.15) is 19.3 Å². The topological polar surface area (TPSA) is 98.2 Å². The Balaban J connectivity index is 2.13. The number of carbonyl (C=O) groups is 2. The summed E-state index contributed by atoms with van der Waals surface area (Å²) in [5.74, 6) is -1.87. The van der Waals surface area contributed by atoms with Crippen LogP contribution in [0.5, 0.6) is 0 Å². The fraction of sp³-hybridized carbons (Fsp3) is 0.833. The molecule has 2 aliphatic heterocycles. The Morgan fingerprint density at radius 3 is 2.52 bits per heavy atom. The smallest absolute Gasteiger partial charge is 0.307 e. The first-order valence-corrected chi connectivity index (χ1v) is 8.44. The molecule has 2 fully saturated rings. The Morgan fingerprint density at radius 1 is 1.19 bits per heavy atom. The van der Waals surface area contributed by atoms with E-state index in [0.717, 1.165) is 0 Å². The van der Waals surface area contributed by atoms with E-state index < -0.39 is 22.1 Å². The van der Waals surface area contributed by atoms with Gasteiger partial charge >= 0.3 is 5.97 Å². The third-order valence-electron chi connectivity index (χ3n) is 4.02. The van der Waals surface area contributed by atoms with Crippen molar-refractivity contribution < 1.29 is 23.1 Å². The van der Waals surface area contributed by atoms with E-state index in [-0.39, 0.29) is 25.5 Å². The third kappa shape index (κ3) is 3.53. The van der Waals surface area contributed by atoms with Crippen molar-refractivity contribution in [2.45, 2.75) is 19.3 Å². The van der Waals surface area contributed by atoms with Gasteiger partial charge in [0.25, 0.3) is 10.2 Å². The molecule has 0 aliphatic carbocycles. The zero-order valence-electron chi connectivity index (χ0n) is 12.1. The predicted molar refractivity (Wildman–Crippen MR) is 74.7 cm³/mol. The van der Waals surface area contributed by atoms with Crippen LogP contribution in [0.15, 0.2) is 0 Å². The predicted octanol–water partition coefficient (Wildman–Crippen LogP) is -0.808. The molecule has 0 aromatic rings. The minimum Gasteiger partial charge on any atom is -0.481 e. The molecular formula is C12H21N3O5S. The summed E-state index contributed by atoms with van der Waals surface area (Å²) in [6, 6.07) is 0. The number of hydrogen-bond donors (Lipinski definition) is 1. The molecule has 0 bridgehead atoms. The summed E-state index contributed by atoms with van der Waals surface area (Å²) in [5.41, 5.74) is 0. The molecule has 0 aromatic heterocycles. The second-order valence-electron chi connectivity index (χ2n) is 5.55. The third-order valence-corrected chi connectivity index (χ3v) is 5.97. The Morgan fingerprint density at radius 2 is 1.86 bits per heavy atom. The van der Waals surface area contributed by atoms with Gasteiger partial charge in [0.2, 0.25) is 5.91 Å². The zero-order chi connectivity index (χ0) is 15.6. The van der Waals surface area contributed by atoms with Gasteiger partial charge in [-0.15, -0.1) is 0 Å². The van der Waals surface area contributed by atoms with Crippen LogP contribution in [-0.4, -0.2) is 78.7 Å². The van der Waals surface area contributed by atoms with Crippen molar-refractivity contribution in [3.8, 4) is 0 Å². The molecule has 1 unspecified atom stereocenters. The zero-order valence-corrected chi connectivity index (χ0v) is 12.9. The van der Waals surface area contributed by atoms with Gasteiger partial charge in [0.1, 0.15) is 0 Å². The summed E-state index contributed by atoms with van der Waals surface area (Å²) in [7, 11) is -2.12. The summed E-state index contributed by atoms with van der Waals surface area (Å²) < 4.78 is 27.6. The number of hydrogen-bond acceptors (Lipinski definition) is 4. The van der Waals surface area contributed by atoms with Gasteiger partial charge in [0, 0.05) is 33.2 Å². The molecule has 9 heteroatoms. The number of carbonyl (C=O) groups excluding carboxylic acids is 1. The maximum atomic E-state index is 12.6. The van der Waals surface area contributed by atoms with Gasteiger partial charge in [0.15, 0.2) is 0 Å². The fourth-order valence-corrected chi connectivity index (χ4v) is 4.36. The van der Waals surface area contributed by atoms with Gasteiger partial charge in [-0.1, -0.05) is 0 Å². The van der Waals surface area contributed by atoms with Crippen LogP contribution >= 0.6 is 0 Å². The van der Waals surface area contributed by atoms with Crippen LogP contribution in [0.4, 0.5) is 0 Å². The number of carboxylic acids is 1. The summed E-state index contributed by atoms with van der Waals surface area (Å²) in [4.78, 5) is 24.4. The second kappa shape index (κ2) is 6.29. The first-order chi connectivity index (χ1) is 9.82. The minimum absolute atomic E-state index is 0.0157. The maximum Gasteiger partial charge on any atom is 0.307 e. The lowest BCUT2D eigenvalue weighted by atomic mass is 10.0. The maximum absolute atomic E-state index is 12.6. The van der Waals surface area contributed by atoms with Crippen LogP contribution in [0.2, 0.25) is 0 Å². The fourth-order valence-electron chi connectivity index (χ4n) is 2.67. The van der Waals surface area contributed by atoms with Gasteiger partial charge in [-0.3, -0.25) is 9.59 Å². The second-order valence-corrected chi connectivity index (χ2v) is 7.47. The average molecular weight is 319 g/mol. The van der Waals surface area contributed by atoms with E-state index in [9.17, 15) is 18.0 Å². The normalized spacial score (nSPS) is 26.6. The molecule has 1 N–H and O–H groups in total. The van der Waals surface area contributed by atoms with Crippen LogP contribution in [0, 0.1) is 5.92 Å². The van der Waals surface area contributed by atoms with E-state index >= 15 is 0 Å². The molecule has 0 aromatic carbocycles. The number of amides is 1. The Hall–Kier alpha value is -1.19. The molecule has 1 atom stereocenters. The average Bonchev–Trinajstić information content (AvgIpc) is 2.61. The first kappa shape index (κ1) is 16.2. The van der Waals surface area contributed by atoms with Crippen molar-refractivity contribution in [2.75, 3.05) is 39.8 Å². The SMILES string of the molecule is CN1CCCN(S(=O)(=O)N2CCCC(C(=O)O)C2)CC1=O. The van der Waals surface area contributed by atoms with Crippen molar-refractivity contribution in [3.05, 3.63) is 0 Å². The molecule has 2 rings (SSSR count).